The first-order valence-corrected chi connectivity index (χ1v) is 5.85. The van der Waals surface area contributed by atoms with E-state index in [0.29, 0.717) is 6.42 Å². The second kappa shape index (κ2) is 4.98. The SMILES string of the molecule is Cc1c(C)c(C)c([C@H](N)CCO)c(C)c1C. The van der Waals surface area contributed by atoms with Crippen molar-refractivity contribution in [3.05, 3.63) is 33.4 Å². The number of benzene rings is 1. The molecule has 0 heterocycles. The Kier molecular flexibility index (Phi) is 4.11. The van der Waals surface area contributed by atoms with Crippen molar-refractivity contribution in [2.75, 3.05) is 6.61 Å². The summed E-state index contributed by atoms with van der Waals surface area (Å²) in [4.78, 5) is 0. The van der Waals surface area contributed by atoms with Crippen LogP contribution in [0.1, 0.15) is 45.8 Å². The summed E-state index contributed by atoms with van der Waals surface area (Å²) in [6.45, 7) is 10.8. The van der Waals surface area contributed by atoms with Gasteiger partial charge >= 0.3 is 0 Å². The molecule has 0 aliphatic carbocycles. The summed E-state index contributed by atoms with van der Waals surface area (Å²) >= 11 is 0. The standard InChI is InChI=1S/C14H23NO/c1-8-9(2)11(4)14(12(5)10(8)3)13(15)6-7-16/h13,16H,6-7,15H2,1-5H3/t13-/m1/s1. The fourth-order valence-electron chi connectivity index (χ4n) is 2.37. The van der Waals surface area contributed by atoms with Crippen molar-refractivity contribution in [2.24, 2.45) is 5.73 Å². The van der Waals surface area contributed by atoms with Gasteiger partial charge in [-0.3, -0.25) is 0 Å². The van der Waals surface area contributed by atoms with Crippen molar-refractivity contribution in [2.45, 2.75) is 47.1 Å². The van der Waals surface area contributed by atoms with Crippen LogP contribution in [-0.4, -0.2) is 11.7 Å². The molecule has 1 rings (SSSR count). The van der Waals surface area contributed by atoms with E-state index in [9.17, 15) is 0 Å². The first-order valence-electron chi connectivity index (χ1n) is 5.85. The molecule has 0 fully saturated rings. The Morgan fingerprint density at radius 2 is 1.25 bits per heavy atom. The van der Waals surface area contributed by atoms with E-state index in [1.807, 2.05) is 0 Å². The predicted octanol–water partition coefficient (Wildman–Crippen LogP) is 2.61. The molecule has 90 valence electrons. The molecule has 0 amide bonds. The van der Waals surface area contributed by atoms with Gasteiger partial charge in [0.1, 0.15) is 0 Å². The summed E-state index contributed by atoms with van der Waals surface area (Å²) in [6, 6.07) is -0.0528. The van der Waals surface area contributed by atoms with Gasteiger partial charge in [-0.15, -0.1) is 0 Å². The van der Waals surface area contributed by atoms with Crippen LogP contribution in [0.15, 0.2) is 0 Å². The minimum atomic E-state index is -0.0528. The fraction of sp³-hybridized carbons (Fsp3) is 0.571. The summed E-state index contributed by atoms with van der Waals surface area (Å²) < 4.78 is 0. The largest absolute Gasteiger partial charge is 0.396 e. The van der Waals surface area contributed by atoms with E-state index in [0.717, 1.165) is 0 Å². The number of aliphatic hydroxyl groups is 1. The lowest BCUT2D eigenvalue weighted by atomic mass is 9.86. The molecule has 0 radical (unpaired) electrons. The molecule has 2 nitrogen and oxygen atoms in total. The Hall–Kier alpha value is -0.860. The number of hydrogen-bond donors (Lipinski definition) is 2. The van der Waals surface area contributed by atoms with Gasteiger partial charge < -0.3 is 10.8 Å². The van der Waals surface area contributed by atoms with Crippen molar-refractivity contribution in [3.8, 4) is 0 Å². The molecule has 0 aliphatic heterocycles. The van der Waals surface area contributed by atoms with Gasteiger partial charge in [0.2, 0.25) is 0 Å². The van der Waals surface area contributed by atoms with Crippen LogP contribution in [0, 0.1) is 34.6 Å². The minimum absolute atomic E-state index is 0.0528. The van der Waals surface area contributed by atoms with Crippen LogP contribution in [0.2, 0.25) is 0 Å². The molecule has 0 bridgehead atoms. The monoisotopic (exact) mass is 221 g/mol. The van der Waals surface area contributed by atoms with Crippen LogP contribution in [0.3, 0.4) is 0 Å². The van der Waals surface area contributed by atoms with Crippen LogP contribution in [0.5, 0.6) is 0 Å². The molecule has 0 aromatic heterocycles. The van der Waals surface area contributed by atoms with Crippen LogP contribution in [0.4, 0.5) is 0 Å². The van der Waals surface area contributed by atoms with Crippen molar-refractivity contribution < 1.29 is 5.11 Å². The van der Waals surface area contributed by atoms with Gasteiger partial charge in [-0.1, -0.05) is 0 Å². The normalized spacial score (nSPS) is 12.9. The number of nitrogens with two attached hydrogens (primary N) is 1. The van der Waals surface area contributed by atoms with Gasteiger partial charge in [-0.05, 0) is 74.4 Å². The Morgan fingerprint density at radius 3 is 1.62 bits per heavy atom. The van der Waals surface area contributed by atoms with Gasteiger partial charge in [-0.2, -0.15) is 0 Å². The summed E-state index contributed by atoms with van der Waals surface area (Å²) in [6.07, 6.45) is 0.629. The lowest BCUT2D eigenvalue weighted by Crippen LogP contribution is -2.17. The van der Waals surface area contributed by atoms with Gasteiger partial charge in [0, 0.05) is 12.6 Å². The molecular formula is C14H23NO. The van der Waals surface area contributed by atoms with Crippen molar-refractivity contribution in [1.82, 2.24) is 0 Å². The molecule has 1 aromatic rings. The molecule has 0 spiro atoms. The third-order valence-corrected chi connectivity index (χ3v) is 3.87. The topological polar surface area (TPSA) is 46.2 Å². The maximum absolute atomic E-state index is 8.99. The zero-order chi connectivity index (χ0) is 12.5. The summed E-state index contributed by atoms with van der Waals surface area (Å²) in [5.41, 5.74) is 13.9. The Morgan fingerprint density at radius 1 is 0.875 bits per heavy atom. The first-order chi connectivity index (χ1) is 7.41. The van der Waals surface area contributed by atoms with Crippen LogP contribution in [0.25, 0.3) is 0 Å². The zero-order valence-corrected chi connectivity index (χ0v) is 11.0. The van der Waals surface area contributed by atoms with Crippen LogP contribution in [-0.2, 0) is 0 Å². The third kappa shape index (κ3) is 2.13. The smallest absolute Gasteiger partial charge is 0.0449 e. The van der Waals surface area contributed by atoms with Gasteiger partial charge in [0.05, 0.1) is 0 Å². The van der Waals surface area contributed by atoms with Gasteiger partial charge in [0.25, 0.3) is 0 Å². The highest BCUT2D eigenvalue weighted by atomic mass is 16.3. The number of hydrogen-bond acceptors (Lipinski definition) is 2. The average Bonchev–Trinajstić information content (AvgIpc) is 2.24. The fourth-order valence-corrected chi connectivity index (χ4v) is 2.37. The molecule has 0 aliphatic rings. The molecule has 1 atom stereocenters. The molecular weight excluding hydrogens is 198 g/mol. The van der Waals surface area contributed by atoms with E-state index in [4.69, 9.17) is 10.8 Å². The van der Waals surface area contributed by atoms with E-state index < -0.39 is 0 Å². The van der Waals surface area contributed by atoms with Crippen molar-refractivity contribution >= 4 is 0 Å². The van der Waals surface area contributed by atoms with E-state index in [1.54, 1.807) is 0 Å². The second-order valence-corrected chi connectivity index (χ2v) is 4.66. The highest BCUT2D eigenvalue weighted by Gasteiger charge is 2.16. The summed E-state index contributed by atoms with van der Waals surface area (Å²) in [5.74, 6) is 0. The van der Waals surface area contributed by atoms with E-state index in [2.05, 4.69) is 34.6 Å². The van der Waals surface area contributed by atoms with Crippen molar-refractivity contribution in [1.29, 1.82) is 0 Å². The van der Waals surface area contributed by atoms with Crippen molar-refractivity contribution in [3.63, 3.8) is 0 Å². The minimum Gasteiger partial charge on any atom is -0.396 e. The van der Waals surface area contributed by atoms with Gasteiger partial charge in [0.15, 0.2) is 0 Å². The molecule has 0 saturated heterocycles. The Labute approximate surface area is 98.5 Å². The van der Waals surface area contributed by atoms with Crippen LogP contribution < -0.4 is 5.73 Å². The number of aliphatic hydroxyl groups excluding tert-OH is 1. The quantitative estimate of drug-likeness (QED) is 0.824. The van der Waals surface area contributed by atoms with E-state index in [1.165, 1.54) is 33.4 Å². The summed E-state index contributed by atoms with van der Waals surface area (Å²) in [7, 11) is 0. The third-order valence-electron chi connectivity index (χ3n) is 3.87. The second-order valence-electron chi connectivity index (χ2n) is 4.66. The zero-order valence-electron chi connectivity index (χ0n) is 11.0. The molecule has 1 aromatic carbocycles. The molecule has 16 heavy (non-hydrogen) atoms. The maximum Gasteiger partial charge on any atom is 0.0449 e. The Balaban J connectivity index is 3.39. The highest BCUT2D eigenvalue weighted by Crippen LogP contribution is 2.30. The molecule has 0 unspecified atom stereocenters. The summed E-state index contributed by atoms with van der Waals surface area (Å²) in [5, 5.41) is 8.99. The lowest BCUT2D eigenvalue weighted by molar-refractivity contribution is 0.276. The van der Waals surface area contributed by atoms with Crippen LogP contribution >= 0.6 is 0 Å². The molecule has 3 N–H and O–H groups in total. The highest BCUT2D eigenvalue weighted by molar-refractivity contribution is 5.50. The van der Waals surface area contributed by atoms with E-state index >= 15 is 0 Å². The van der Waals surface area contributed by atoms with E-state index in [-0.39, 0.29) is 12.6 Å². The maximum atomic E-state index is 8.99. The van der Waals surface area contributed by atoms with Gasteiger partial charge in [-0.25, -0.2) is 0 Å². The molecule has 0 saturated carbocycles. The molecule has 2 heteroatoms. The predicted molar refractivity (Wildman–Crippen MR) is 68.8 cm³/mol. The first kappa shape index (κ1) is 13.2. The lowest BCUT2D eigenvalue weighted by Gasteiger charge is -2.22. The number of rotatable bonds is 3. The average molecular weight is 221 g/mol. The Bertz CT molecular complexity index is 367.